The zero-order chi connectivity index (χ0) is 24.5. The van der Waals surface area contributed by atoms with Crippen molar-refractivity contribution in [1.29, 1.82) is 0 Å². The fourth-order valence-corrected chi connectivity index (χ4v) is 5.28. The number of benzene rings is 1. The summed E-state index contributed by atoms with van der Waals surface area (Å²) in [5, 5.41) is 10.3. The molecule has 186 valence electrons. The van der Waals surface area contributed by atoms with E-state index in [4.69, 9.17) is 14.7 Å². The van der Waals surface area contributed by atoms with Crippen LogP contribution in [0.3, 0.4) is 0 Å². The van der Waals surface area contributed by atoms with Crippen molar-refractivity contribution in [1.82, 2.24) is 20.2 Å². The van der Waals surface area contributed by atoms with Crippen molar-refractivity contribution in [2.45, 2.75) is 6.92 Å². The standard InChI is InChI=1S/C25H23N5O3S2.ClH/c1-14-20(24(32)29-23(14)31)26-22-19-17(15-6-4-7-16(12-15)33-10-9-30(2)3)13-35-25(19)28-21(27-22)18-8-5-11-34-18;/h4-8,11-13H,9-10H2,1-3H3,(H2,26,27,28,29,31,32);1H. The van der Waals surface area contributed by atoms with E-state index in [-0.39, 0.29) is 18.1 Å². The van der Waals surface area contributed by atoms with E-state index in [9.17, 15) is 9.59 Å². The molecule has 2 N–H and O–H groups in total. The smallest absolute Gasteiger partial charge is 0.275 e. The van der Waals surface area contributed by atoms with Crippen LogP contribution >= 0.6 is 35.1 Å². The zero-order valence-corrected chi connectivity index (χ0v) is 22.3. The molecule has 11 heteroatoms. The first-order chi connectivity index (χ1) is 16.9. The number of anilines is 1. The molecule has 0 radical (unpaired) electrons. The van der Waals surface area contributed by atoms with Crippen molar-refractivity contribution in [2.24, 2.45) is 0 Å². The van der Waals surface area contributed by atoms with Gasteiger partial charge in [-0.15, -0.1) is 35.1 Å². The van der Waals surface area contributed by atoms with E-state index >= 15 is 0 Å². The first-order valence-corrected chi connectivity index (χ1v) is 12.7. The van der Waals surface area contributed by atoms with Gasteiger partial charge in [-0.3, -0.25) is 14.9 Å². The quantitative estimate of drug-likeness (QED) is 0.309. The Morgan fingerprint density at radius 2 is 1.92 bits per heavy atom. The molecule has 0 saturated carbocycles. The van der Waals surface area contributed by atoms with Gasteiger partial charge in [0.1, 0.15) is 28.7 Å². The number of nitrogens with zero attached hydrogens (tertiary/aromatic N) is 3. The van der Waals surface area contributed by atoms with E-state index in [2.05, 4.69) is 15.5 Å². The van der Waals surface area contributed by atoms with Crippen LogP contribution in [0.5, 0.6) is 5.75 Å². The third-order valence-electron chi connectivity index (χ3n) is 5.54. The number of halogens is 1. The van der Waals surface area contributed by atoms with Crippen LogP contribution in [-0.2, 0) is 9.59 Å². The van der Waals surface area contributed by atoms with Crippen LogP contribution in [0.25, 0.3) is 32.0 Å². The Bertz CT molecular complexity index is 1460. The summed E-state index contributed by atoms with van der Waals surface area (Å²) in [5.41, 5.74) is 2.40. The summed E-state index contributed by atoms with van der Waals surface area (Å²) in [7, 11) is 4.01. The molecule has 4 heterocycles. The third kappa shape index (κ3) is 5.12. The van der Waals surface area contributed by atoms with E-state index in [0.29, 0.717) is 23.8 Å². The Hall–Kier alpha value is -3.31. The molecular formula is C25H24ClN5O3S2. The maximum Gasteiger partial charge on any atom is 0.275 e. The fourth-order valence-electron chi connectivity index (χ4n) is 3.67. The minimum atomic E-state index is -0.468. The highest BCUT2D eigenvalue weighted by Crippen LogP contribution is 2.40. The van der Waals surface area contributed by atoms with E-state index in [1.54, 1.807) is 6.92 Å². The number of amides is 2. The van der Waals surface area contributed by atoms with Gasteiger partial charge in [0, 0.05) is 23.1 Å². The molecule has 5 rings (SSSR count). The minimum absolute atomic E-state index is 0. The molecule has 36 heavy (non-hydrogen) atoms. The van der Waals surface area contributed by atoms with E-state index in [1.807, 2.05) is 61.3 Å². The summed E-state index contributed by atoms with van der Waals surface area (Å²) in [5.74, 6) is 0.938. The van der Waals surface area contributed by atoms with Gasteiger partial charge in [-0.05, 0) is 50.2 Å². The molecule has 2 amide bonds. The lowest BCUT2D eigenvalue weighted by atomic mass is 10.1. The number of nitrogens with one attached hydrogen (secondary N) is 2. The minimum Gasteiger partial charge on any atom is -0.492 e. The largest absolute Gasteiger partial charge is 0.492 e. The van der Waals surface area contributed by atoms with Gasteiger partial charge in [-0.1, -0.05) is 18.2 Å². The molecule has 0 spiro atoms. The van der Waals surface area contributed by atoms with Crippen LogP contribution in [0.2, 0.25) is 0 Å². The predicted octanol–water partition coefficient (Wildman–Crippen LogP) is 4.79. The van der Waals surface area contributed by atoms with Crippen molar-refractivity contribution < 1.29 is 14.3 Å². The summed E-state index contributed by atoms with van der Waals surface area (Å²) in [4.78, 5) is 37.8. The third-order valence-corrected chi connectivity index (χ3v) is 7.28. The van der Waals surface area contributed by atoms with Crippen LogP contribution in [-0.4, -0.2) is 53.9 Å². The van der Waals surface area contributed by atoms with Gasteiger partial charge in [-0.2, -0.15) is 0 Å². The van der Waals surface area contributed by atoms with Gasteiger partial charge >= 0.3 is 0 Å². The number of carbonyl (C=O) groups is 2. The molecule has 3 aromatic heterocycles. The molecular weight excluding hydrogens is 518 g/mol. The summed E-state index contributed by atoms with van der Waals surface area (Å²) >= 11 is 3.04. The maximum atomic E-state index is 12.4. The Morgan fingerprint density at radius 1 is 1.08 bits per heavy atom. The van der Waals surface area contributed by atoms with E-state index in [0.717, 1.165) is 38.5 Å². The monoisotopic (exact) mass is 541 g/mol. The Labute approximate surface area is 222 Å². The second kappa shape index (κ2) is 10.8. The van der Waals surface area contributed by atoms with Crippen molar-refractivity contribution in [3.05, 3.63) is 58.4 Å². The van der Waals surface area contributed by atoms with Gasteiger partial charge in [0.05, 0.1) is 10.3 Å². The summed E-state index contributed by atoms with van der Waals surface area (Å²) in [6.07, 6.45) is 0. The number of ether oxygens (including phenoxy) is 1. The number of hydrogen-bond donors (Lipinski definition) is 2. The Morgan fingerprint density at radius 3 is 2.61 bits per heavy atom. The van der Waals surface area contributed by atoms with E-state index < -0.39 is 11.8 Å². The maximum absolute atomic E-state index is 12.4. The molecule has 0 unspecified atom stereocenters. The molecule has 8 nitrogen and oxygen atoms in total. The Balaban J connectivity index is 0.00000304. The highest BCUT2D eigenvalue weighted by atomic mass is 35.5. The summed E-state index contributed by atoms with van der Waals surface area (Å²) in [6.45, 7) is 3.01. The number of imide groups is 1. The van der Waals surface area contributed by atoms with Gasteiger partial charge in [0.25, 0.3) is 11.8 Å². The second-order valence-corrected chi connectivity index (χ2v) is 10.1. The molecule has 0 fully saturated rings. The molecule has 0 bridgehead atoms. The molecule has 1 aromatic carbocycles. The number of thiophene rings is 2. The average molecular weight is 542 g/mol. The number of carbonyl (C=O) groups excluding carboxylic acids is 2. The second-order valence-electron chi connectivity index (χ2n) is 8.29. The van der Waals surface area contributed by atoms with Crippen LogP contribution in [0, 0.1) is 0 Å². The lowest BCUT2D eigenvalue weighted by Gasteiger charge is -2.13. The van der Waals surface area contributed by atoms with Crippen molar-refractivity contribution in [3.63, 3.8) is 0 Å². The Kier molecular flexibility index (Phi) is 7.70. The van der Waals surface area contributed by atoms with Gasteiger partial charge in [-0.25, -0.2) is 9.97 Å². The van der Waals surface area contributed by atoms with Crippen LogP contribution in [0.1, 0.15) is 6.92 Å². The number of likely N-dealkylation sites (N-methyl/N-ethyl adjacent to an activating group) is 1. The lowest BCUT2D eigenvalue weighted by Crippen LogP contribution is -2.24. The fraction of sp³-hybridized carbons (Fsp3) is 0.200. The highest BCUT2D eigenvalue weighted by Gasteiger charge is 2.29. The number of rotatable bonds is 8. The topological polar surface area (TPSA) is 96.5 Å². The van der Waals surface area contributed by atoms with Gasteiger partial charge in [0.15, 0.2) is 5.82 Å². The molecule has 0 atom stereocenters. The SMILES string of the molecule is CC1=C(Nc2nc(-c3cccs3)nc3scc(-c4cccc(OCCN(C)C)c4)c23)C(=O)NC1=O.Cl. The van der Waals surface area contributed by atoms with Crippen LogP contribution in [0.4, 0.5) is 5.82 Å². The molecule has 1 aliphatic heterocycles. The zero-order valence-electron chi connectivity index (χ0n) is 19.8. The average Bonchev–Trinajstić information content (AvgIpc) is 3.56. The van der Waals surface area contributed by atoms with Crippen molar-refractivity contribution in [3.8, 4) is 27.6 Å². The molecule has 0 aliphatic carbocycles. The first kappa shape index (κ1) is 25.8. The number of hydrogen-bond acceptors (Lipinski definition) is 9. The van der Waals surface area contributed by atoms with Gasteiger partial charge in [0.2, 0.25) is 0 Å². The van der Waals surface area contributed by atoms with Crippen LogP contribution in [0.15, 0.2) is 58.4 Å². The highest BCUT2D eigenvalue weighted by molar-refractivity contribution is 7.17. The number of fused-ring (bicyclic) bond motifs is 1. The van der Waals surface area contributed by atoms with Crippen molar-refractivity contribution in [2.75, 3.05) is 32.6 Å². The van der Waals surface area contributed by atoms with Crippen LogP contribution < -0.4 is 15.4 Å². The first-order valence-electron chi connectivity index (χ1n) is 11.0. The predicted molar refractivity (Wildman–Crippen MR) is 147 cm³/mol. The summed E-state index contributed by atoms with van der Waals surface area (Å²) in [6, 6.07) is 11.8. The van der Waals surface area contributed by atoms with Crippen molar-refractivity contribution >= 4 is 62.9 Å². The van der Waals surface area contributed by atoms with E-state index in [1.165, 1.54) is 22.7 Å². The molecule has 0 saturated heterocycles. The summed E-state index contributed by atoms with van der Waals surface area (Å²) < 4.78 is 5.93. The lowest BCUT2D eigenvalue weighted by molar-refractivity contribution is -0.124. The molecule has 1 aliphatic rings. The molecule has 4 aromatic rings. The normalized spacial score (nSPS) is 13.3. The number of aromatic nitrogens is 2. The van der Waals surface area contributed by atoms with Gasteiger partial charge < -0.3 is 15.0 Å².